The zero-order valence-electron chi connectivity index (χ0n) is 13.8. The molecule has 0 aromatic heterocycles. The van der Waals surface area contributed by atoms with E-state index in [0.717, 1.165) is 11.1 Å². The van der Waals surface area contributed by atoms with Gasteiger partial charge in [-0.3, -0.25) is 4.79 Å². The molecule has 4 nitrogen and oxygen atoms in total. The number of amides is 1. The number of carbonyl (C=O) groups is 1. The quantitative estimate of drug-likeness (QED) is 0.701. The van der Waals surface area contributed by atoms with Crippen LogP contribution in [0, 0.1) is 0 Å². The summed E-state index contributed by atoms with van der Waals surface area (Å²) in [5.41, 5.74) is 2.56. The average molecular weight is 348 g/mol. The zero-order chi connectivity index (χ0) is 17.2. The highest BCUT2D eigenvalue weighted by atomic mass is 35.5. The van der Waals surface area contributed by atoms with Gasteiger partial charge >= 0.3 is 0 Å². The number of halogens is 1. The zero-order valence-corrected chi connectivity index (χ0v) is 14.5. The smallest absolute Gasteiger partial charge is 0.253 e. The van der Waals surface area contributed by atoms with Gasteiger partial charge in [0.05, 0.1) is 30.4 Å². The Morgan fingerprint density at radius 3 is 2.58 bits per heavy atom. The Labute approximate surface area is 147 Å². The van der Waals surface area contributed by atoms with Gasteiger partial charge in [0, 0.05) is 13.2 Å². The minimum atomic E-state index is -0.182. The van der Waals surface area contributed by atoms with Gasteiger partial charge in [-0.15, -0.1) is 0 Å². The van der Waals surface area contributed by atoms with Crippen LogP contribution < -0.4 is 5.32 Å². The van der Waals surface area contributed by atoms with Crippen LogP contribution in [0.1, 0.15) is 28.4 Å². The third-order valence-corrected chi connectivity index (χ3v) is 3.74. The third-order valence-electron chi connectivity index (χ3n) is 3.41. The molecular weight excluding hydrogens is 326 g/mol. The number of hydrogen-bond acceptors (Lipinski definition) is 3. The number of benzene rings is 2. The standard InChI is InChI=1S/C19H22ClNO3/c1-2-23-10-11-24-14-16-7-5-6-15(12-16)13-21-19(22)17-8-3-4-9-18(17)20/h3-9,12H,2,10-11,13-14H2,1H3,(H,21,22). The van der Waals surface area contributed by atoms with Crippen molar-refractivity contribution in [2.24, 2.45) is 0 Å². The molecule has 2 aromatic rings. The van der Waals surface area contributed by atoms with Gasteiger partial charge in [0.25, 0.3) is 5.91 Å². The minimum absolute atomic E-state index is 0.182. The van der Waals surface area contributed by atoms with Crippen LogP contribution in [0.5, 0.6) is 0 Å². The molecule has 0 aliphatic carbocycles. The van der Waals surface area contributed by atoms with Crippen molar-refractivity contribution in [2.45, 2.75) is 20.1 Å². The fourth-order valence-corrected chi connectivity index (χ4v) is 2.43. The van der Waals surface area contributed by atoms with E-state index in [-0.39, 0.29) is 5.91 Å². The summed E-state index contributed by atoms with van der Waals surface area (Å²) in [6.07, 6.45) is 0. The van der Waals surface area contributed by atoms with E-state index in [9.17, 15) is 4.79 Å². The maximum atomic E-state index is 12.2. The van der Waals surface area contributed by atoms with Gasteiger partial charge in [-0.2, -0.15) is 0 Å². The summed E-state index contributed by atoms with van der Waals surface area (Å²) in [5, 5.41) is 3.33. The highest BCUT2D eigenvalue weighted by Crippen LogP contribution is 2.15. The van der Waals surface area contributed by atoms with Crippen LogP contribution in [0.3, 0.4) is 0 Å². The molecule has 0 saturated heterocycles. The summed E-state index contributed by atoms with van der Waals surface area (Å²) in [7, 11) is 0. The van der Waals surface area contributed by atoms with E-state index < -0.39 is 0 Å². The molecule has 5 heteroatoms. The monoisotopic (exact) mass is 347 g/mol. The number of rotatable bonds is 9. The van der Waals surface area contributed by atoms with Crippen LogP contribution >= 0.6 is 11.6 Å². The molecule has 0 unspecified atom stereocenters. The molecule has 0 heterocycles. The molecule has 0 spiro atoms. The first-order valence-corrected chi connectivity index (χ1v) is 8.34. The topological polar surface area (TPSA) is 47.6 Å². The van der Waals surface area contributed by atoms with E-state index >= 15 is 0 Å². The van der Waals surface area contributed by atoms with Gasteiger partial charge in [-0.1, -0.05) is 48.0 Å². The van der Waals surface area contributed by atoms with Crippen LogP contribution in [-0.4, -0.2) is 25.7 Å². The van der Waals surface area contributed by atoms with Gasteiger partial charge in [-0.05, 0) is 30.2 Å². The fraction of sp³-hybridized carbons (Fsp3) is 0.316. The van der Waals surface area contributed by atoms with Crippen LogP contribution in [0.2, 0.25) is 5.02 Å². The van der Waals surface area contributed by atoms with E-state index in [0.29, 0.717) is 43.6 Å². The summed E-state index contributed by atoms with van der Waals surface area (Å²) >= 11 is 6.03. The first-order valence-electron chi connectivity index (χ1n) is 7.96. The van der Waals surface area contributed by atoms with Gasteiger partial charge in [0.15, 0.2) is 0 Å². The van der Waals surface area contributed by atoms with E-state index in [1.54, 1.807) is 24.3 Å². The van der Waals surface area contributed by atoms with Gasteiger partial charge < -0.3 is 14.8 Å². The summed E-state index contributed by atoms with van der Waals surface area (Å²) < 4.78 is 10.8. The number of carbonyl (C=O) groups excluding carboxylic acids is 1. The molecule has 24 heavy (non-hydrogen) atoms. The Bertz CT molecular complexity index is 661. The molecule has 1 amide bonds. The molecule has 0 fully saturated rings. The van der Waals surface area contributed by atoms with Crippen molar-refractivity contribution >= 4 is 17.5 Å². The van der Waals surface area contributed by atoms with Crippen molar-refractivity contribution in [3.05, 3.63) is 70.2 Å². The Morgan fingerprint density at radius 1 is 1.04 bits per heavy atom. The van der Waals surface area contributed by atoms with Crippen molar-refractivity contribution in [2.75, 3.05) is 19.8 Å². The van der Waals surface area contributed by atoms with Gasteiger partial charge in [0.2, 0.25) is 0 Å². The third kappa shape index (κ3) is 5.96. The van der Waals surface area contributed by atoms with Crippen molar-refractivity contribution in [1.82, 2.24) is 5.32 Å². The highest BCUT2D eigenvalue weighted by Gasteiger charge is 2.08. The SMILES string of the molecule is CCOCCOCc1cccc(CNC(=O)c2ccccc2Cl)c1. The molecule has 0 radical (unpaired) electrons. The predicted molar refractivity (Wildman–Crippen MR) is 95.2 cm³/mol. The molecule has 2 rings (SSSR count). The lowest BCUT2D eigenvalue weighted by Gasteiger charge is -2.09. The van der Waals surface area contributed by atoms with E-state index in [4.69, 9.17) is 21.1 Å². The van der Waals surface area contributed by atoms with E-state index in [1.807, 2.05) is 31.2 Å². The van der Waals surface area contributed by atoms with E-state index in [1.165, 1.54) is 0 Å². The molecule has 0 aliphatic heterocycles. The van der Waals surface area contributed by atoms with Gasteiger partial charge in [-0.25, -0.2) is 0 Å². The predicted octanol–water partition coefficient (Wildman–Crippen LogP) is 3.82. The Hall–Kier alpha value is -1.88. The molecule has 2 aromatic carbocycles. The van der Waals surface area contributed by atoms with Crippen LogP contribution in [0.15, 0.2) is 48.5 Å². The lowest BCUT2D eigenvalue weighted by molar-refractivity contribution is 0.0453. The number of ether oxygens (including phenoxy) is 2. The number of nitrogens with one attached hydrogen (secondary N) is 1. The molecular formula is C19H22ClNO3. The summed E-state index contributed by atoms with van der Waals surface area (Å²) in [4.78, 5) is 12.2. The maximum Gasteiger partial charge on any atom is 0.253 e. The molecule has 128 valence electrons. The molecule has 1 N–H and O–H groups in total. The van der Waals surface area contributed by atoms with Crippen LogP contribution in [0.4, 0.5) is 0 Å². The van der Waals surface area contributed by atoms with Crippen LogP contribution in [-0.2, 0) is 22.6 Å². The second-order valence-electron chi connectivity index (χ2n) is 5.23. The summed E-state index contributed by atoms with van der Waals surface area (Å²) in [6.45, 7) is 4.80. The van der Waals surface area contributed by atoms with E-state index in [2.05, 4.69) is 5.32 Å². The largest absolute Gasteiger partial charge is 0.379 e. The van der Waals surface area contributed by atoms with Crippen LogP contribution in [0.25, 0.3) is 0 Å². The summed E-state index contributed by atoms with van der Waals surface area (Å²) in [6, 6.07) is 15.0. The first-order chi connectivity index (χ1) is 11.7. The molecule has 0 aliphatic rings. The maximum absolute atomic E-state index is 12.2. The first kappa shape index (κ1) is 18.5. The summed E-state index contributed by atoms with van der Waals surface area (Å²) in [5.74, 6) is -0.182. The van der Waals surface area contributed by atoms with Crippen molar-refractivity contribution in [1.29, 1.82) is 0 Å². The minimum Gasteiger partial charge on any atom is -0.379 e. The second kappa shape index (κ2) is 10.1. The molecule has 0 atom stereocenters. The van der Waals surface area contributed by atoms with Crippen molar-refractivity contribution < 1.29 is 14.3 Å². The Kier molecular flexibility index (Phi) is 7.75. The Morgan fingerprint density at radius 2 is 1.79 bits per heavy atom. The lowest BCUT2D eigenvalue weighted by Crippen LogP contribution is -2.23. The van der Waals surface area contributed by atoms with Crippen molar-refractivity contribution in [3.63, 3.8) is 0 Å². The second-order valence-corrected chi connectivity index (χ2v) is 5.64. The number of hydrogen-bond donors (Lipinski definition) is 1. The molecule has 0 saturated carbocycles. The fourth-order valence-electron chi connectivity index (χ4n) is 2.20. The van der Waals surface area contributed by atoms with Crippen molar-refractivity contribution in [3.8, 4) is 0 Å². The average Bonchev–Trinajstić information content (AvgIpc) is 2.60. The molecule has 0 bridgehead atoms. The highest BCUT2D eigenvalue weighted by molar-refractivity contribution is 6.33. The Balaban J connectivity index is 1.83. The van der Waals surface area contributed by atoms with Gasteiger partial charge in [0.1, 0.15) is 0 Å². The lowest BCUT2D eigenvalue weighted by atomic mass is 10.1. The normalized spacial score (nSPS) is 10.6.